The third kappa shape index (κ3) is 5.10. The fourth-order valence-corrected chi connectivity index (χ4v) is 4.06. The van der Waals surface area contributed by atoms with Crippen LogP contribution in [-0.2, 0) is 10.8 Å². The quantitative estimate of drug-likeness (QED) is 0.440. The maximum atomic E-state index is 11.6. The Labute approximate surface area is 182 Å². The largest absolute Gasteiger partial charge is 0.507 e. The van der Waals surface area contributed by atoms with E-state index >= 15 is 0 Å². The van der Waals surface area contributed by atoms with Crippen LogP contribution >= 0.6 is 11.8 Å². The number of nitrogens with zero attached hydrogens (tertiary/aromatic N) is 3. The number of nitro groups is 3. The van der Waals surface area contributed by atoms with E-state index in [1.165, 1.54) is 0 Å². The number of non-ortho nitro benzene ring substituents is 1. The molecule has 0 fully saturated rings. The van der Waals surface area contributed by atoms with Gasteiger partial charge in [0, 0.05) is 16.0 Å². The molecule has 0 aliphatic carbocycles. The minimum absolute atomic E-state index is 0.0945. The van der Waals surface area contributed by atoms with Gasteiger partial charge in [-0.2, -0.15) is 0 Å². The van der Waals surface area contributed by atoms with Crippen LogP contribution in [0.2, 0.25) is 0 Å². The van der Waals surface area contributed by atoms with Crippen LogP contribution in [0, 0.1) is 30.3 Å². The van der Waals surface area contributed by atoms with Gasteiger partial charge in [0.15, 0.2) is 4.90 Å². The first-order valence-electron chi connectivity index (χ1n) is 9.21. The van der Waals surface area contributed by atoms with Crippen LogP contribution < -0.4 is 0 Å². The van der Waals surface area contributed by atoms with Crippen molar-refractivity contribution < 1.29 is 19.9 Å². The Morgan fingerprint density at radius 2 is 1.13 bits per heavy atom. The van der Waals surface area contributed by atoms with Crippen LogP contribution in [0.1, 0.15) is 52.7 Å². The second-order valence-electron chi connectivity index (χ2n) is 9.05. The predicted octanol–water partition coefficient (Wildman–Crippen LogP) is 5.86. The van der Waals surface area contributed by atoms with Crippen molar-refractivity contribution in [3.63, 3.8) is 0 Å². The zero-order chi connectivity index (χ0) is 23.9. The van der Waals surface area contributed by atoms with Crippen molar-refractivity contribution in [3.05, 3.63) is 65.7 Å². The first-order chi connectivity index (χ1) is 14.0. The molecule has 0 aliphatic heterocycles. The van der Waals surface area contributed by atoms with E-state index in [1.54, 1.807) is 12.1 Å². The van der Waals surface area contributed by atoms with Gasteiger partial charge in [0.2, 0.25) is 0 Å². The molecule has 2 aromatic rings. The summed E-state index contributed by atoms with van der Waals surface area (Å²) in [5.41, 5.74) is -1.99. The SMILES string of the molecule is CC(C)(C)c1cc(Sc2c([N+](=O)[O-])cc([N+](=O)[O-])cc2[N+](=O)[O-])cc(C(C)(C)C)c1O. The second-order valence-corrected chi connectivity index (χ2v) is 10.1. The van der Waals surface area contributed by atoms with Crippen molar-refractivity contribution in [2.24, 2.45) is 0 Å². The number of phenols is 1. The Balaban J connectivity index is 2.83. The van der Waals surface area contributed by atoms with Crippen molar-refractivity contribution in [2.75, 3.05) is 0 Å². The number of hydrogen-bond donors (Lipinski definition) is 1. The van der Waals surface area contributed by atoms with E-state index in [-0.39, 0.29) is 10.6 Å². The van der Waals surface area contributed by atoms with Crippen molar-refractivity contribution >= 4 is 28.8 Å². The molecule has 0 saturated heterocycles. The first-order valence-corrected chi connectivity index (χ1v) is 10.0. The van der Waals surface area contributed by atoms with Crippen LogP contribution in [0.25, 0.3) is 0 Å². The topological polar surface area (TPSA) is 150 Å². The number of aromatic hydroxyl groups is 1. The molecule has 0 unspecified atom stereocenters. The maximum absolute atomic E-state index is 11.6. The lowest BCUT2D eigenvalue weighted by molar-refractivity contribution is -0.407. The predicted molar refractivity (Wildman–Crippen MR) is 116 cm³/mol. The smallest absolute Gasteiger partial charge is 0.297 e. The molecule has 0 aromatic heterocycles. The van der Waals surface area contributed by atoms with Crippen LogP contribution in [0.4, 0.5) is 17.1 Å². The molecule has 0 atom stereocenters. The van der Waals surface area contributed by atoms with E-state index in [1.807, 2.05) is 41.5 Å². The lowest BCUT2D eigenvalue weighted by Crippen LogP contribution is -2.17. The molecule has 2 aromatic carbocycles. The number of nitro benzene ring substituents is 3. The summed E-state index contributed by atoms with van der Waals surface area (Å²) >= 11 is 0.770. The number of phenolic OH excluding ortho intramolecular Hbond substituents is 1. The van der Waals surface area contributed by atoms with E-state index in [4.69, 9.17) is 0 Å². The molecule has 0 aliphatic rings. The first kappa shape index (κ1) is 24.1. The third-order valence-electron chi connectivity index (χ3n) is 4.56. The highest BCUT2D eigenvalue weighted by Gasteiger charge is 2.33. The number of benzene rings is 2. The lowest BCUT2D eigenvalue weighted by Gasteiger charge is -2.28. The molecular formula is C20H23N3O7S. The summed E-state index contributed by atoms with van der Waals surface area (Å²) in [6.45, 7) is 11.3. The van der Waals surface area contributed by atoms with Crippen molar-refractivity contribution in [2.45, 2.75) is 62.2 Å². The van der Waals surface area contributed by atoms with E-state index in [9.17, 15) is 35.4 Å². The average molecular weight is 449 g/mol. The standard InChI is InChI=1S/C20H23N3O7S/c1-19(2,3)13-9-12(10-14(17(13)24)20(4,5)6)31-18-15(22(27)28)7-11(21(25)26)8-16(18)23(29)30/h7-10,24H,1-6H3. The van der Waals surface area contributed by atoms with Gasteiger partial charge < -0.3 is 5.11 Å². The molecule has 2 rings (SSSR count). The van der Waals surface area contributed by atoms with E-state index in [0.29, 0.717) is 28.2 Å². The molecule has 0 spiro atoms. The molecule has 11 heteroatoms. The van der Waals surface area contributed by atoms with Crippen molar-refractivity contribution in [3.8, 4) is 5.75 Å². The fourth-order valence-electron chi connectivity index (χ4n) is 2.99. The minimum Gasteiger partial charge on any atom is -0.507 e. The zero-order valence-corrected chi connectivity index (χ0v) is 18.8. The molecule has 31 heavy (non-hydrogen) atoms. The summed E-state index contributed by atoms with van der Waals surface area (Å²) in [5, 5.41) is 45.1. The van der Waals surface area contributed by atoms with Crippen LogP contribution in [-0.4, -0.2) is 19.9 Å². The van der Waals surface area contributed by atoms with Gasteiger partial charge in [-0.25, -0.2) is 0 Å². The Kier molecular flexibility index (Phi) is 6.32. The van der Waals surface area contributed by atoms with Gasteiger partial charge in [0.05, 0.1) is 26.9 Å². The van der Waals surface area contributed by atoms with Gasteiger partial charge >= 0.3 is 0 Å². The lowest BCUT2D eigenvalue weighted by atomic mass is 9.79. The van der Waals surface area contributed by atoms with E-state index in [0.717, 1.165) is 11.8 Å². The van der Waals surface area contributed by atoms with E-state index in [2.05, 4.69) is 0 Å². The van der Waals surface area contributed by atoms with E-state index < -0.39 is 42.7 Å². The molecule has 166 valence electrons. The van der Waals surface area contributed by atoms with Gasteiger partial charge in [0.25, 0.3) is 17.1 Å². The molecule has 0 radical (unpaired) electrons. The summed E-state index contributed by atoms with van der Waals surface area (Å²) < 4.78 is 0. The highest BCUT2D eigenvalue weighted by molar-refractivity contribution is 7.99. The minimum atomic E-state index is -0.912. The van der Waals surface area contributed by atoms with Crippen LogP contribution in [0.3, 0.4) is 0 Å². The summed E-state index contributed by atoms with van der Waals surface area (Å²) in [6, 6.07) is 4.68. The fraction of sp³-hybridized carbons (Fsp3) is 0.400. The third-order valence-corrected chi connectivity index (χ3v) is 5.65. The molecule has 10 nitrogen and oxygen atoms in total. The maximum Gasteiger partial charge on any atom is 0.297 e. The van der Waals surface area contributed by atoms with Crippen molar-refractivity contribution in [1.82, 2.24) is 0 Å². The summed E-state index contributed by atoms with van der Waals surface area (Å²) in [6.07, 6.45) is 0. The number of rotatable bonds is 5. The molecular weight excluding hydrogens is 426 g/mol. The van der Waals surface area contributed by atoms with Gasteiger partial charge in [0.1, 0.15) is 5.75 Å². The Morgan fingerprint density at radius 3 is 1.42 bits per heavy atom. The second kappa shape index (κ2) is 8.14. The van der Waals surface area contributed by atoms with Crippen molar-refractivity contribution in [1.29, 1.82) is 0 Å². The Hall–Kier alpha value is -3.21. The summed E-state index contributed by atoms with van der Waals surface area (Å²) in [5.74, 6) is 0.0945. The summed E-state index contributed by atoms with van der Waals surface area (Å²) in [4.78, 5) is 31.7. The molecule has 1 N–H and O–H groups in total. The molecule has 0 amide bonds. The van der Waals surface area contributed by atoms with Gasteiger partial charge in [-0.05, 0) is 23.0 Å². The average Bonchev–Trinajstić information content (AvgIpc) is 2.60. The highest BCUT2D eigenvalue weighted by Crippen LogP contribution is 2.47. The Morgan fingerprint density at radius 1 is 0.742 bits per heavy atom. The highest BCUT2D eigenvalue weighted by atomic mass is 32.2. The van der Waals surface area contributed by atoms with Gasteiger partial charge in [-0.1, -0.05) is 53.3 Å². The molecule has 0 bridgehead atoms. The normalized spacial score (nSPS) is 11.9. The summed E-state index contributed by atoms with van der Waals surface area (Å²) in [7, 11) is 0. The monoisotopic (exact) mass is 449 g/mol. The van der Waals surface area contributed by atoms with Crippen LogP contribution in [0.15, 0.2) is 34.1 Å². The van der Waals surface area contributed by atoms with Gasteiger partial charge in [-0.3, -0.25) is 30.3 Å². The number of hydrogen-bond acceptors (Lipinski definition) is 8. The van der Waals surface area contributed by atoms with Gasteiger partial charge in [-0.15, -0.1) is 0 Å². The molecule has 0 heterocycles. The zero-order valence-electron chi connectivity index (χ0n) is 18.0. The van der Waals surface area contributed by atoms with Crippen LogP contribution in [0.5, 0.6) is 5.75 Å². The Bertz CT molecular complexity index is 1020. The molecule has 0 saturated carbocycles.